The minimum Gasteiger partial charge on any atom is -0.471 e. The number of rotatable bonds is 3. The smallest absolute Gasteiger partial charge is 0.227 e. The summed E-state index contributed by atoms with van der Waals surface area (Å²) in [5, 5.41) is 5.11. The Morgan fingerprint density at radius 2 is 2.12 bits per heavy atom. The summed E-state index contributed by atoms with van der Waals surface area (Å²) in [6, 6.07) is 5.97. The third kappa shape index (κ3) is 2.26. The molecule has 0 spiro atoms. The van der Waals surface area contributed by atoms with Crippen LogP contribution in [-0.4, -0.2) is 9.97 Å². The highest BCUT2D eigenvalue weighted by Gasteiger charge is 2.09. The summed E-state index contributed by atoms with van der Waals surface area (Å²) in [6.07, 6.45) is 0. The predicted octanol–water partition coefficient (Wildman–Crippen LogP) is 3.99. The lowest BCUT2D eigenvalue weighted by Gasteiger charge is -2.04. The fourth-order valence-corrected chi connectivity index (χ4v) is 3.03. The maximum absolute atomic E-state index is 5.85. The zero-order valence-corrected chi connectivity index (χ0v) is 11.0. The quantitative estimate of drug-likeness (QED) is 0.682. The summed E-state index contributed by atoms with van der Waals surface area (Å²) in [6.45, 7) is 0.510. The van der Waals surface area contributed by atoms with Crippen LogP contribution in [0.2, 0.25) is 5.28 Å². The van der Waals surface area contributed by atoms with Crippen LogP contribution in [0.4, 0.5) is 0 Å². The molecule has 0 aromatic carbocycles. The lowest BCUT2D eigenvalue weighted by atomic mass is 10.4. The first kappa shape index (κ1) is 11.0. The second-order valence-electron chi connectivity index (χ2n) is 3.31. The number of aromatic nitrogens is 2. The highest BCUT2D eigenvalue weighted by molar-refractivity contribution is 7.16. The second-order valence-corrected chi connectivity index (χ2v) is 5.57. The number of ether oxygens (including phenoxy) is 1. The molecule has 0 radical (unpaired) electrons. The van der Waals surface area contributed by atoms with Gasteiger partial charge in [0.15, 0.2) is 0 Å². The van der Waals surface area contributed by atoms with Crippen LogP contribution in [0.25, 0.3) is 10.2 Å². The van der Waals surface area contributed by atoms with Gasteiger partial charge in [0.2, 0.25) is 11.2 Å². The summed E-state index contributed by atoms with van der Waals surface area (Å²) in [5.74, 6) is 0.551. The van der Waals surface area contributed by atoms with Gasteiger partial charge in [0.25, 0.3) is 0 Å². The van der Waals surface area contributed by atoms with Gasteiger partial charge in [0.1, 0.15) is 11.4 Å². The number of thiophene rings is 2. The summed E-state index contributed by atoms with van der Waals surface area (Å²) in [4.78, 5) is 10.3. The fraction of sp³-hybridized carbons (Fsp3) is 0.0909. The second kappa shape index (κ2) is 4.60. The molecular formula is C11H7ClN2OS2. The Kier molecular flexibility index (Phi) is 2.96. The van der Waals surface area contributed by atoms with Gasteiger partial charge >= 0.3 is 0 Å². The maximum Gasteiger partial charge on any atom is 0.227 e. The first-order valence-corrected chi connectivity index (χ1v) is 7.02. The van der Waals surface area contributed by atoms with Gasteiger partial charge in [-0.2, -0.15) is 4.98 Å². The van der Waals surface area contributed by atoms with Crippen molar-refractivity contribution >= 4 is 44.5 Å². The molecule has 0 aliphatic carbocycles. The SMILES string of the molecule is Clc1nc(OCc2cccs2)c2ccsc2n1. The van der Waals surface area contributed by atoms with Gasteiger partial charge < -0.3 is 4.74 Å². The van der Waals surface area contributed by atoms with Crippen molar-refractivity contribution < 1.29 is 4.74 Å². The topological polar surface area (TPSA) is 35.0 Å². The molecule has 0 amide bonds. The van der Waals surface area contributed by atoms with Crippen LogP contribution in [0, 0.1) is 0 Å². The molecule has 0 aliphatic heterocycles. The Hall–Kier alpha value is -1.17. The lowest BCUT2D eigenvalue weighted by molar-refractivity contribution is 0.301. The van der Waals surface area contributed by atoms with Crippen molar-refractivity contribution in [2.75, 3.05) is 0 Å². The zero-order chi connectivity index (χ0) is 11.7. The van der Waals surface area contributed by atoms with E-state index in [1.54, 1.807) is 11.3 Å². The minimum atomic E-state index is 0.223. The van der Waals surface area contributed by atoms with Crippen LogP contribution in [0.3, 0.4) is 0 Å². The molecule has 86 valence electrons. The van der Waals surface area contributed by atoms with Gasteiger partial charge in [-0.25, -0.2) is 4.98 Å². The molecule has 3 aromatic rings. The average molecular weight is 283 g/mol. The third-order valence-corrected chi connectivity index (χ3v) is 4.02. The van der Waals surface area contributed by atoms with Crippen LogP contribution >= 0.6 is 34.3 Å². The Morgan fingerprint density at radius 3 is 2.94 bits per heavy atom. The highest BCUT2D eigenvalue weighted by Crippen LogP contribution is 2.28. The molecular weight excluding hydrogens is 276 g/mol. The first-order valence-electron chi connectivity index (χ1n) is 4.89. The van der Waals surface area contributed by atoms with Crippen LogP contribution in [-0.2, 0) is 6.61 Å². The van der Waals surface area contributed by atoms with Gasteiger partial charge in [0, 0.05) is 4.88 Å². The van der Waals surface area contributed by atoms with Crippen molar-refractivity contribution in [2.45, 2.75) is 6.61 Å². The fourth-order valence-electron chi connectivity index (χ4n) is 1.45. The van der Waals surface area contributed by atoms with Gasteiger partial charge in [0.05, 0.1) is 5.39 Å². The lowest BCUT2D eigenvalue weighted by Crippen LogP contribution is -1.96. The third-order valence-electron chi connectivity index (χ3n) is 2.19. The number of halogens is 1. The average Bonchev–Trinajstić information content (AvgIpc) is 2.95. The molecule has 0 atom stereocenters. The summed E-state index contributed by atoms with van der Waals surface area (Å²) in [5.41, 5.74) is 0. The van der Waals surface area contributed by atoms with Crippen LogP contribution < -0.4 is 4.74 Å². The Balaban J connectivity index is 1.91. The van der Waals surface area contributed by atoms with E-state index in [2.05, 4.69) is 9.97 Å². The minimum absolute atomic E-state index is 0.223. The predicted molar refractivity (Wildman–Crippen MR) is 71.1 cm³/mol. The monoisotopic (exact) mass is 282 g/mol. The molecule has 0 bridgehead atoms. The van der Waals surface area contributed by atoms with Crippen LogP contribution in [0.5, 0.6) is 5.88 Å². The van der Waals surface area contributed by atoms with E-state index < -0.39 is 0 Å². The molecule has 0 N–H and O–H groups in total. The molecule has 3 aromatic heterocycles. The van der Waals surface area contributed by atoms with Crippen molar-refractivity contribution in [3.05, 3.63) is 39.1 Å². The number of nitrogens with zero attached hydrogens (tertiary/aromatic N) is 2. The molecule has 6 heteroatoms. The van der Waals surface area contributed by atoms with Gasteiger partial charge in [-0.05, 0) is 34.5 Å². The maximum atomic E-state index is 5.85. The van der Waals surface area contributed by atoms with Crippen molar-refractivity contribution in [3.8, 4) is 5.88 Å². The Morgan fingerprint density at radius 1 is 1.18 bits per heavy atom. The van der Waals surface area contributed by atoms with E-state index in [-0.39, 0.29) is 5.28 Å². The molecule has 0 saturated carbocycles. The zero-order valence-electron chi connectivity index (χ0n) is 8.59. The first-order chi connectivity index (χ1) is 8.33. The summed E-state index contributed by atoms with van der Waals surface area (Å²) >= 11 is 9.03. The van der Waals surface area contributed by atoms with Gasteiger partial charge in [-0.15, -0.1) is 22.7 Å². The van der Waals surface area contributed by atoms with Crippen molar-refractivity contribution in [1.29, 1.82) is 0 Å². The molecule has 3 nitrogen and oxygen atoms in total. The van der Waals surface area contributed by atoms with E-state index >= 15 is 0 Å². The number of hydrogen-bond donors (Lipinski definition) is 0. The largest absolute Gasteiger partial charge is 0.471 e. The summed E-state index contributed by atoms with van der Waals surface area (Å²) in [7, 11) is 0. The van der Waals surface area contributed by atoms with E-state index in [1.165, 1.54) is 11.3 Å². The highest BCUT2D eigenvalue weighted by atomic mass is 35.5. The molecule has 3 heterocycles. The Bertz CT molecular complexity index is 636. The molecule has 0 fully saturated rings. The molecule has 0 saturated heterocycles. The molecule has 3 rings (SSSR count). The normalized spacial score (nSPS) is 10.9. The standard InChI is InChI=1S/C11H7ClN2OS2/c12-11-13-9(8-3-5-17-10(8)14-11)15-6-7-2-1-4-16-7/h1-5H,6H2. The molecule has 0 aliphatic rings. The molecule has 17 heavy (non-hydrogen) atoms. The van der Waals surface area contributed by atoms with E-state index in [4.69, 9.17) is 16.3 Å². The number of hydrogen-bond acceptors (Lipinski definition) is 5. The van der Waals surface area contributed by atoms with Crippen LogP contribution in [0.15, 0.2) is 29.0 Å². The van der Waals surface area contributed by atoms with Gasteiger partial charge in [-0.1, -0.05) is 6.07 Å². The van der Waals surface area contributed by atoms with E-state index in [0.29, 0.717) is 12.5 Å². The van der Waals surface area contributed by atoms with Crippen LogP contribution in [0.1, 0.15) is 4.88 Å². The van der Waals surface area contributed by atoms with Crippen molar-refractivity contribution in [1.82, 2.24) is 9.97 Å². The van der Waals surface area contributed by atoms with Crippen molar-refractivity contribution in [3.63, 3.8) is 0 Å². The van der Waals surface area contributed by atoms with Crippen molar-refractivity contribution in [2.24, 2.45) is 0 Å². The Labute approximate surface area is 111 Å². The van der Waals surface area contributed by atoms with E-state index in [1.807, 2.05) is 29.0 Å². The molecule has 0 unspecified atom stereocenters. The van der Waals surface area contributed by atoms with E-state index in [9.17, 15) is 0 Å². The number of fused-ring (bicyclic) bond motifs is 1. The summed E-state index contributed by atoms with van der Waals surface area (Å²) < 4.78 is 5.68. The van der Waals surface area contributed by atoms with E-state index in [0.717, 1.165) is 15.1 Å². The van der Waals surface area contributed by atoms with Gasteiger partial charge in [-0.3, -0.25) is 0 Å².